The van der Waals surface area contributed by atoms with Crippen LogP contribution in [0.4, 0.5) is 21.9 Å². The molecule has 0 atom stereocenters. The number of nitrogens with one attached hydrogen (secondary N) is 4. The third kappa shape index (κ3) is 5.49. The summed E-state index contributed by atoms with van der Waals surface area (Å²) in [5, 5.41) is 7.77. The van der Waals surface area contributed by atoms with Crippen LogP contribution in [0.15, 0.2) is 42.5 Å². The van der Waals surface area contributed by atoms with Gasteiger partial charge in [-0.05, 0) is 48.9 Å². The number of amides is 3. The zero-order valence-electron chi connectivity index (χ0n) is 14.6. The van der Waals surface area contributed by atoms with Gasteiger partial charge in [0, 0.05) is 24.0 Å². The smallest absolute Gasteiger partial charge is 0.318 e. The number of rotatable bonds is 5. The molecule has 0 bridgehead atoms. The predicted molar refractivity (Wildman–Crippen MR) is 102 cm³/mol. The van der Waals surface area contributed by atoms with E-state index in [0.717, 1.165) is 6.26 Å². The van der Waals surface area contributed by atoms with Crippen molar-refractivity contribution in [3.63, 3.8) is 0 Å². The Kier molecular flexibility index (Phi) is 5.83. The highest BCUT2D eigenvalue weighted by Gasteiger charge is 2.11. The Bertz CT molecular complexity index is 924. The normalized spacial score (nSPS) is 10.7. The van der Waals surface area contributed by atoms with Crippen molar-refractivity contribution in [2.45, 2.75) is 6.92 Å². The molecule has 26 heavy (non-hydrogen) atoms. The van der Waals surface area contributed by atoms with Crippen molar-refractivity contribution in [2.75, 3.05) is 28.7 Å². The predicted octanol–water partition coefficient (Wildman–Crippen LogP) is 2.37. The lowest BCUT2D eigenvalue weighted by atomic mass is 10.1. The van der Waals surface area contributed by atoms with Crippen LogP contribution in [0.1, 0.15) is 15.9 Å². The van der Waals surface area contributed by atoms with Crippen LogP contribution in [0.3, 0.4) is 0 Å². The average Bonchev–Trinajstić information content (AvgIpc) is 2.57. The first kappa shape index (κ1) is 19.3. The van der Waals surface area contributed by atoms with Gasteiger partial charge in [0.2, 0.25) is 10.0 Å². The fourth-order valence-electron chi connectivity index (χ4n) is 2.11. The van der Waals surface area contributed by atoms with Crippen LogP contribution < -0.4 is 20.7 Å². The average molecular weight is 376 g/mol. The molecule has 0 radical (unpaired) electrons. The van der Waals surface area contributed by atoms with Crippen molar-refractivity contribution in [3.8, 4) is 0 Å². The maximum absolute atomic E-state index is 12.4. The molecule has 2 aromatic carbocycles. The second kappa shape index (κ2) is 7.87. The molecule has 0 unspecified atom stereocenters. The molecule has 0 saturated carbocycles. The maximum atomic E-state index is 12.4. The summed E-state index contributed by atoms with van der Waals surface area (Å²) in [6, 6.07) is 11.0. The topological polar surface area (TPSA) is 116 Å². The summed E-state index contributed by atoms with van der Waals surface area (Å²) in [7, 11) is -1.93. The lowest BCUT2D eigenvalue weighted by molar-refractivity contribution is 0.102. The minimum atomic E-state index is -3.44. The molecule has 9 heteroatoms. The zero-order chi connectivity index (χ0) is 19.3. The highest BCUT2D eigenvalue weighted by atomic mass is 32.2. The molecule has 0 aliphatic carbocycles. The van der Waals surface area contributed by atoms with E-state index in [-0.39, 0.29) is 11.9 Å². The maximum Gasteiger partial charge on any atom is 0.318 e. The minimum absolute atomic E-state index is 0.314. The van der Waals surface area contributed by atoms with Crippen molar-refractivity contribution in [1.29, 1.82) is 0 Å². The van der Waals surface area contributed by atoms with Crippen molar-refractivity contribution in [1.82, 2.24) is 5.32 Å². The fourth-order valence-corrected chi connectivity index (χ4v) is 2.73. The fraction of sp³-hybridized carbons (Fsp3) is 0.176. The van der Waals surface area contributed by atoms with Gasteiger partial charge in [0.15, 0.2) is 0 Å². The van der Waals surface area contributed by atoms with Gasteiger partial charge in [0.25, 0.3) is 5.91 Å². The molecule has 4 N–H and O–H groups in total. The Morgan fingerprint density at radius 3 is 2.04 bits per heavy atom. The molecule has 0 heterocycles. The van der Waals surface area contributed by atoms with Gasteiger partial charge in [-0.2, -0.15) is 0 Å². The molecule has 0 aromatic heterocycles. The van der Waals surface area contributed by atoms with Gasteiger partial charge >= 0.3 is 6.03 Å². The highest BCUT2D eigenvalue weighted by Crippen LogP contribution is 2.20. The first-order valence-corrected chi connectivity index (χ1v) is 9.55. The van der Waals surface area contributed by atoms with Gasteiger partial charge in [-0.25, -0.2) is 13.2 Å². The lowest BCUT2D eigenvalue weighted by Crippen LogP contribution is -2.24. The number of benzene rings is 2. The second-order valence-corrected chi connectivity index (χ2v) is 7.39. The summed E-state index contributed by atoms with van der Waals surface area (Å²) in [5.74, 6) is -0.381. The van der Waals surface area contributed by atoms with Gasteiger partial charge < -0.3 is 16.0 Å². The SMILES string of the molecule is CNC(=O)Nc1ccc(NC(=O)c2ccc(C)c(NS(C)(=O)=O)c2)cc1. The summed E-state index contributed by atoms with van der Waals surface area (Å²) in [6.45, 7) is 1.74. The largest absolute Gasteiger partial charge is 0.341 e. The van der Waals surface area contributed by atoms with Crippen LogP contribution in [0.25, 0.3) is 0 Å². The molecule has 0 aliphatic heterocycles. The van der Waals surface area contributed by atoms with E-state index in [9.17, 15) is 18.0 Å². The third-order valence-electron chi connectivity index (χ3n) is 3.42. The lowest BCUT2D eigenvalue weighted by Gasteiger charge is -2.11. The van der Waals surface area contributed by atoms with E-state index in [1.165, 1.54) is 13.1 Å². The van der Waals surface area contributed by atoms with Gasteiger partial charge in [-0.1, -0.05) is 6.07 Å². The summed E-state index contributed by atoms with van der Waals surface area (Å²) >= 11 is 0. The van der Waals surface area contributed by atoms with Crippen LogP contribution in [0, 0.1) is 6.92 Å². The Morgan fingerprint density at radius 2 is 1.50 bits per heavy atom. The number of aryl methyl sites for hydroxylation is 1. The molecule has 0 fully saturated rings. The first-order chi connectivity index (χ1) is 12.2. The van der Waals surface area contributed by atoms with Crippen LogP contribution in [0.5, 0.6) is 0 Å². The number of hydrogen-bond acceptors (Lipinski definition) is 4. The molecule has 2 rings (SSSR count). The number of urea groups is 1. The van der Waals surface area contributed by atoms with Gasteiger partial charge in [-0.3, -0.25) is 9.52 Å². The van der Waals surface area contributed by atoms with Crippen LogP contribution in [-0.2, 0) is 10.0 Å². The van der Waals surface area contributed by atoms with Crippen molar-refractivity contribution < 1.29 is 18.0 Å². The molecular weight excluding hydrogens is 356 g/mol. The Balaban J connectivity index is 2.12. The number of sulfonamides is 1. The summed E-state index contributed by atoms with van der Waals surface area (Å²) in [4.78, 5) is 23.6. The van der Waals surface area contributed by atoms with Gasteiger partial charge in [-0.15, -0.1) is 0 Å². The van der Waals surface area contributed by atoms with Crippen LogP contribution in [0.2, 0.25) is 0 Å². The molecule has 0 aliphatic rings. The van der Waals surface area contributed by atoms with E-state index in [4.69, 9.17) is 0 Å². The standard InChI is InChI=1S/C17H20N4O4S/c1-11-4-5-12(10-15(11)21-26(3,24)25)16(22)19-13-6-8-14(9-7-13)20-17(23)18-2/h4-10,21H,1-3H3,(H,19,22)(H2,18,20,23). The van der Waals surface area contributed by atoms with E-state index in [2.05, 4.69) is 20.7 Å². The molecule has 8 nitrogen and oxygen atoms in total. The van der Waals surface area contributed by atoms with E-state index >= 15 is 0 Å². The molecule has 138 valence electrons. The van der Waals surface area contributed by atoms with E-state index in [1.807, 2.05) is 0 Å². The van der Waals surface area contributed by atoms with Crippen molar-refractivity contribution in [2.24, 2.45) is 0 Å². The Labute approximate surface area is 152 Å². The monoisotopic (exact) mass is 376 g/mol. The number of carbonyl (C=O) groups is 2. The second-order valence-electron chi connectivity index (χ2n) is 5.64. The van der Waals surface area contributed by atoms with E-state index in [1.54, 1.807) is 43.3 Å². The Morgan fingerprint density at radius 1 is 0.923 bits per heavy atom. The highest BCUT2D eigenvalue weighted by molar-refractivity contribution is 7.92. The quantitative estimate of drug-likeness (QED) is 0.641. The van der Waals surface area contributed by atoms with Gasteiger partial charge in [0.1, 0.15) is 0 Å². The third-order valence-corrected chi connectivity index (χ3v) is 4.01. The number of carbonyl (C=O) groups excluding carboxylic acids is 2. The van der Waals surface area contributed by atoms with Gasteiger partial charge in [0.05, 0.1) is 11.9 Å². The minimum Gasteiger partial charge on any atom is -0.341 e. The number of hydrogen-bond donors (Lipinski definition) is 4. The summed E-state index contributed by atoms with van der Waals surface area (Å²) in [5.41, 5.74) is 2.49. The zero-order valence-corrected chi connectivity index (χ0v) is 15.4. The molecule has 0 spiro atoms. The summed E-state index contributed by atoms with van der Waals surface area (Å²) < 4.78 is 25.2. The molecule has 3 amide bonds. The number of anilines is 3. The van der Waals surface area contributed by atoms with E-state index in [0.29, 0.717) is 28.2 Å². The first-order valence-electron chi connectivity index (χ1n) is 7.66. The van der Waals surface area contributed by atoms with E-state index < -0.39 is 10.0 Å². The van der Waals surface area contributed by atoms with Crippen molar-refractivity contribution in [3.05, 3.63) is 53.6 Å². The summed E-state index contributed by atoms with van der Waals surface area (Å²) in [6.07, 6.45) is 1.05. The van der Waals surface area contributed by atoms with Crippen LogP contribution >= 0.6 is 0 Å². The molecule has 2 aromatic rings. The van der Waals surface area contributed by atoms with Crippen LogP contribution in [-0.4, -0.2) is 33.7 Å². The van der Waals surface area contributed by atoms with Crippen molar-refractivity contribution >= 4 is 39.0 Å². The molecule has 0 saturated heterocycles. The Hall–Kier alpha value is -3.07. The molecular formula is C17H20N4O4S.